The van der Waals surface area contributed by atoms with Crippen molar-refractivity contribution in [1.29, 1.82) is 0 Å². The van der Waals surface area contributed by atoms with Crippen LogP contribution in [0.4, 0.5) is 26.3 Å². The highest BCUT2D eigenvalue weighted by Gasteiger charge is 2.34. The largest absolute Gasteiger partial charge is 0.417 e. The lowest BCUT2D eigenvalue weighted by atomic mass is 10.1. The summed E-state index contributed by atoms with van der Waals surface area (Å²) in [7, 11) is 0. The molecule has 0 atom stereocenters. The van der Waals surface area contributed by atoms with E-state index in [9.17, 15) is 26.3 Å². The molecule has 2 aromatic carbocycles. The van der Waals surface area contributed by atoms with E-state index in [1.807, 2.05) is 0 Å². The van der Waals surface area contributed by atoms with E-state index in [0.29, 0.717) is 4.70 Å². The molecule has 21 heavy (non-hydrogen) atoms. The summed E-state index contributed by atoms with van der Waals surface area (Å²) in [6.07, 6.45) is -9.06. The normalized spacial score (nSPS) is 13.2. The third-order valence-corrected chi connectivity index (χ3v) is 4.35. The number of hydrogen-bond acceptors (Lipinski definition) is 1. The van der Waals surface area contributed by atoms with Crippen LogP contribution in [0.15, 0.2) is 36.4 Å². The van der Waals surface area contributed by atoms with Gasteiger partial charge in [-0.2, -0.15) is 26.3 Å². The SMILES string of the molecule is FC(F)(F)c1ccc2sc3c(C(F)(F)F)cccc3c2c1. The van der Waals surface area contributed by atoms with E-state index in [1.54, 1.807) is 0 Å². The molecule has 3 aromatic rings. The molecular formula is C14H6F6S. The lowest BCUT2D eigenvalue weighted by Gasteiger charge is -2.07. The van der Waals surface area contributed by atoms with E-state index in [2.05, 4.69) is 0 Å². The molecule has 7 heteroatoms. The maximum absolute atomic E-state index is 12.9. The van der Waals surface area contributed by atoms with E-state index in [1.165, 1.54) is 18.2 Å². The van der Waals surface area contributed by atoms with Crippen molar-refractivity contribution in [3.05, 3.63) is 47.5 Å². The van der Waals surface area contributed by atoms with Crippen LogP contribution in [0.1, 0.15) is 11.1 Å². The molecule has 1 aromatic heterocycles. The fraction of sp³-hybridized carbons (Fsp3) is 0.143. The molecular weight excluding hydrogens is 314 g/mol. The average molecular weight is 320 g/mol. The number of thiophene rings is 1. The van der Waals surface area contributed by atoms with Gasteiger partial charge in [0, 0.05) is 20.2 Å². The first-order valence-electron chi connectivity index (χ1n) is 5.77. The summed E-state index contributed by atoms with van der Waals surface area (Å²) in [5, 5.41) is 0.381. The molecule has 0 spiro atoms. The summed E-state index contributed by atoms with van der Waals surface area (Å²) >= 11 is 0.847. The molecule has 110 valence electrons. The van der Waals surface area contributed by atoms with Gasteiger partial charge in [-0.25, -0.2) is 0 Å². The number of halogens is 6. The summed E-state index contributed by atoms with van der Waals surface area (Å²) in [6, 6.07) is 6.53. The van der Waals surface area contributed by atoms with Crippen molar-refractivity contribution in [2.75, 3.05) is 0 Å². The van der Waals surface area contributed by atoms with Crippen LogP contribution in [0.25, 0.3) is 20.2 Å². The first-order valence-corrected chi connectivity index (χ1v) is 6.59. The Morgan fingerprint density at radius 3 is 2.10 bits per heavy atom. The monoisotopic (exact) mass is 320 g/mol. The van der Waals surface area contributed by atoms with Crippen molar-refractivity contribution < 1.29 is 26.3 Å². The summed E-state index contributed by atoms with van der Waals surface area (Å²) < 4.78 is 77.3. The van der Waals surface area contributed by atoms with Gasteiger partial charge in [-0.3, -0.25) is 0 Å². The van der Waals surface area contributed by atoms with Gasteiger partial charge in [-0.1, -0.05) is 12.1 Å². The Morgan fingerprint density at radius 2 is 1.48 bits per heavy atom. The summed E-state index contributed by atoms with van der Waals surface area (Å²) in [5.74, 6) is 0. The second-order valence-electron chi connectivity index (χ2n) is 4.49. The summed E-state index contributed by atoms with van der Waals surface area (Å²) in [4.78, 5) is 0. The van der Waals surface area contributed by atoms with Crippen LogP contribution in [0.2, 0.25) is 0 Å². The van der Waals surface area contributed by atoms with Crippen LogP contribution >= 0.6 is 11.3 Å². The second kappa shape index (κ2) is 4.37. The van der Waals surface area contributed by atoms with Crippen LogP contribution in [0.3, 0.4) is 0 Å². The Morgan fingerprint density at radius 1 is 0.762 bits per heavy atom. The second-order valence-corrected chi connectivity index (χ2v) is 5.54. The van der Waals surface area contributed by atoms with Crippen molar-refractivity contribution in [2.24, 2.45) is 0 Å². The smallest absolute Gasteiger partial charge is 0.166 e. The lowest BCUT2D eigenvalue weighted by Crippen LogP contribution is -2.04. The van der Waals surface area contributed by atoms with Gasteiger partial charge in [-0.05, 0) is 24.3 Å². The van der Waals surface area contributed by atoms with E-state index >= 15 is 0 Å². The molecule has 1 heterocycles. The van der Waals surface area contributed by atoms with Gasteiger partial charge in [0.2, 0.25) is 0 Å². The van der Waals surface area contributed by atoms with Gasteiger partial charge >= 0.3 is 12.4 Å². The minimum atomic E-state index is -4.53. The molecule has 0 bridgehead atoms. The molecule has 0 aliphatic carbocycles. The predicted molar refractivity (Wildman–Crippen MR) is 69.3 cm³/mol. The maximum Gasteiger partial charge on any atom is 0.417 e. The molecule has 0 N–H and O–H groups in total. The highest BCUT2D eigenvalue weighted by atomic mass is 32.1. The van der Waals surface area contributed by atoms with Crippen LogP contribution < -0.4 is 0 Å². The molecule has 3 rings (SSSR count). The number of rotatable bonds is 0. The van der Waals surface area contributed by atoms with Crippen LogP contribution in [0.5, 0.6) is 0 Å². The molecule has 0 aliphatic heterocycles. The average Bonchev–Trinajstić information content (AvgIpc) is 2.73. The lowest BCUT2D eigenvalue weighted by molar-refractivity contribution is -0.137. The van der Waals surface area contributed by atoms with E-state index in [4.69, 9.17) is 0 Å². The van der Waals surface area contributed by atoms with Crippen LogP contribution in [-0.4, -0.2) is 0 Å². The van der Waals surface area contributed by atoms with Gasteiger partial charge in [0.15, 0.2) is 0 Å². The zero-order valence-electron chi connectivity index (χ0n) is 10.1. The third kappa shape index (κ3) is 2.35. The number of alkyl halides is 6. The van der Waals surface area contributed by atoms with E-state index in [0.717, 1.165) is 29.5 Å². The van der Waals surface area contributed by atoms with Crippen LogP contribution in [-0.2, 0) is 12.4 Å². The fourth-order valence-corrected chi connectivity index (χ4v) is 3.41. The maximum atomic E-state index is 12.9. The number of fused-ring (bicyclic) bond motifs is 3. The molecule has 0 radical (unpaired) electrons. The first kappa shape index (κ1) is 14.2. The quantitative estimate of drug-likeness (QED) is 0.440. The van der Waals surface area contributed by atoms with Crippen LogP contribution in [0, 0.1) is 0 Å². The third-order valence-electron chi connectivity index (χ3n) is 3.13. The minimum absolute atomic E-state index is 0.0423. The Kier molecular flexibility index (Phi) is 2.95. The highest BCUT2D eigenvalue weighted by molar-refractivity contribution is 7.26. The van der Waals surface area contributed by atoms with Crippen molar-refractivity contribution in [3.8, 4) is 0 Å². The van der Waals surface area contributed by atoms with Crippen molar-refractivity contribution in [1.82, 2.24) is 0 Å². The molecule has 0 saturated carbocycles. The summed E-state index contributed by atoms with van der Waals surface area (Å²) in [6.45, 7) is 0. The van der Waals surface area contributed by atoms with Crippen molar-refractivity contribution >= 4 is 31.5 Å². The molecule has 0 amide bonds. The molecule has 0 unspecified atom stereocenters. The standard InChI is InChI=1S/C14H6F6S/c15-13(16,17)7-4-5-11-9(6-7)8-2-1-3-10(12(8)21-11)14(18,19)20/h1-6H. The van der Waals surface area contributed by atoms with Crippen molar-refractivity contribution in [2.45, 2.75) is 12.4 Å². The van der Waals surface area contributed by atoms with Gasteiger partial charge < -0.3 is 0 Å². The zero-order valence-corrected chi connectivity index (χ0v) is 11.0. The first-order chi connectivity index (χ1) is 9.68. The fourth-order valence-electron chi connectivity index (χ4n) is 2.20. The van der Waals surface area contributed by atoms with Crippen molar-refractivity contribution in [3.63, 3.8) is 0 Å². The molecule has 0 fully saturated rings. The van der Waals surface area contributed by atoms with E-state index < -0.39 is 23.5 Å². The highest BCUT2D eigenvalue weighted by Crippen LogP contribution is 2.43. The number of benzene rings is 2. The zero-order chi connectivity index (χ0) is 15.4. The Balaban J connectivity index is 2.37. The Hall–Kier alpha value is -1.76. The topological polar surface area (TPSA) is 0 Å². The Bertz CT molecular complexity index is 825. The predicted octanol–water partition coefficient (Wildman–Crippen LogP) is 6.09. The van der Waals surface area contributed by atoms with E-state index in [-0.39, 0.29) is 15.5 Å². The van der Waals surface area contributed by atoms with Gasteiger partial charge in [0.25, 0.3) is 0 Å². The molecule has 0 aliphatic rings. The number of hydrogen-bond donors (Lipinski definition) is 0. The Labute approximate surface area is 118 Å². The van der Waals surface area contributed by atoms with Gasteiger partial charge in [-0.15, -0.1) is 11.3 Å². The molecule has 0 saturated heterocycles. The van der Waals surface area contributed by atoms with Gasteiger partial charge in [0.1, 0.15) is 0 Å². The molecule has 0 nitrogen and oxygen atoms in total. The van der Waals surface area contributed by atoms with Gasteiger partial charge in [0.05, 0.1) is 11.1 Å². The minimum Gasteiger partial charge on any atom is -0.166 e. The summed E-state index contributed by atoms with van der Waals surface area (Å²) in [5.41, 5.74) is -1.69.